The first-order valence-electron chi connectivity index (χ1n) is 5.52. The van der Waals surface area contributed by atoms with Gasteiger partial charge in [0.1, 0.15) is 5.69 Å². The first kappa shape index (κ1) is 12.3. The minimum Gasteiger partial charge on any atom is -0.493 e. The molecule has 1 heterocycles. The van der Waals surface area contributed by atoms with Crippen LogP contribution in [-0.4, -0.2) is 24.7 Å². The zero-order valence-corrected chi connectivity index (χ0v) is 10.9. The Balaban J connectivity index is 2.86. The molecule has 2 N–H and O–H groups in total. The smallest absolute Gasteiger partial charge is 0.265 e. The van der Waals surface area contributed by atoms with Crippen molar-refractivity contribution in [1.29, 1.82) is 0 Å². The largest absolute Gasteiger partial charge is 0.493 e. The summed E-state index contributed by atoms with van der Waals surface area (Å²) in [5.41, 5.74) is 7.63. The van der Waals surface area contributed by atoms with Gasteiger partial charge < -0.3 is 19.8 Å². The molecule has 5 heteroatoms. The van der Waals surface area contributed by atoms with Gasteiger partial charge in [0.15, 0.2) is 11.5 Å². The molecule has 0 aliphatic rings. The molecule has 0 saturated carbocycles. The van der Waals surface area contributed by atoms with E-state index < -0.39 is 5.91 Å². The third-order valence-electron chi connectivity index (χ3n) is 3.19. The molecule has 0 unspecified atom stereocenters. The van der Waals surface area contributed by atoms with Crippen LogP contribution < -0.4 is 15.2 Å². The van der Waals surface area contributed by atoms with Crippen LogP contribution in [0.25, 0.3) is 10.9 Å². The average Bonchev–Trinajstić information content (AvgIpc) is 2.59. The predicted octanol–water partition coefficient (Wildman–Crippen LogP) is 1.60. The fourth-order valence-corrected chi connectivity index (χ4v) is 2.30. The lowest BCUT2D eigenvalue weighted by Gasteiger charge is -2.08. The van der Waals surface area contributed by atoms with E-state index in [1.807, 2.05) is 19.1 Å². The molecule has 1 aromatic heterocycles. The second kappa shape index (κ2) is 4.25. The fraction of sp³-hybridized carbons (Fsp3) is 0.308. The van der Waals surface area contributed by atoms with Crippen LogP contribution in [0.2, 0.25) is 0 Å². The molecular weight excluding hydrogens is 232 g/mol. The summed E-state index contributed by atoms with van der Waals surface area (Å²) in [6, 6.07) is 3.70. The standard InChI is InChI=1S/C13H16N2O3/c1-7-8-5-10(17-3)11(18-4)6-9(8)15(2)12(7)13(14)16/h5-6H,1-4H3,(H2,14,16). The number of ether oxygens (including phenoxy) is 2. The highest BCUT2D eigenvalue weighted by atomic mass is 16.5. The van der Waals surface area contributed by atoms with E-state index in [2.05, 4.69) is 0 Å². The van der Waals surface area contributed by atoms with Gasteiger partial charge in [0, 0.05) is 18.5 Å². The number of methoxy groups -OCH3 is 2. The summed E-state index contributed by atoms with van der Waals surface area (Å²) in [7, 11) is 4.97. The zero-order valence-electron chi connectivity index (χ0n) is 10.9. The maximum atomic E-state index is 11.5. The molecule has 0 bridgehead atoms. The molecule has 0 saturated heterocycles. The van der Waals surface area contributed by atoms with Gasteiger partial charge in [-0.05, 0) is 18.6 Å². The minimum atomic E-state index is -0.441. The molecule has 1 amide bonds. The van der Waals surface area contributed by atoms with Crippen molar-refractivity contribution in [3.05, 3.63) is 23.4 Å². The number of benzene rings is 1. The average molecular weight is 248 g/mol. The van der Waals surface area contributed by atoms with E-state index in [0.29, 0.717) is 17.2 Å². The quantitative estimate of drug-likeness (QED) is 0.897. The van der Waals surface area contributed by atoms with E-state index in [9.17, 15) is 4.79 Å². The van der Waals surface area contributed by atoms with Crippen LogP contribution in [0.15, 0.2) is 12.1 Å². The lowest BCUT2D eigenvalue weighted by Crippen LogP contribution is -2.16. The number of hydrogen-bond acceptors (Lipinski definition) is 3. The van der Waals surface area contributed by atoms with Crippen molar-refractivity contribution in [3.63, 3.8) is 0 Å². The van der Waals surface area contributed by atoms with E-state index in [0.717, 1.165) is 16.5 Å². The lowest BCUT2D eigenvalue weighted by molar-refractivity contribution is 0.0992. The molecule has 0 atom stereocenters. The van der Waals surface area contributed by atoms with Gasteiger partial charge in [-0.3, -0.25) is 4.79 Å². The lowest BCUT2D eigenvalue weighted by atomic mass is 10.1. The Kier molecular flexibility index (Phi) is 2.90. The molecule has 2 aromatic rings. The zero-order chi connectivity index (χ0) is 13.4. The molecule has 96 valence electrons. The van der Waals surface area contributed by atoms with Crippen LogP contribution in [0.4, 0.5) is 0 Å². The van der Waals surface area contributed by atoms with Crippen LogP contribution >= 0.6 is 0 Å². The summed E-state index contributed by atoms with van der Waals surface area (Å²) >= 11 is 0. The first-order valence-corrected chi connectivity index (χ1v) is 5.52. The van der Waals surface area contributed by atoms with Crippen molar-refractivity contribution in [2.45, 2.75) is 6.92 Å². The van der Waals surface area contributed by atoms with E-state index in [4.69, 9.17) is 15.2 Å². The molecule has 0 aliphatic heterocycles. The number of aromatic nitrogens is 1. The van der Waals surface area contributed by atoms with E-state index in [-0.39, 0.29) is 0 Å². The Hall–Kier alpha value is -2.17. The number of primary amides is 1. The summed E-state index contributed by atoms with van der Waals surface area (Å²) in [5.74, 6) is 0.820. The second-order valence-electron chi connectivity index (χ2n) is 4.12. The number of carbonyl (C=O) groups is 1. The second-order valence-corrected chi connectivity index (χ2v) is 4.12. The highest BCUT2D eigenvalue weighted by molar-refractivity contribution is 6.01. The summed E-state index contributed by atoms with van der Waals surface area (Å²) < 4.78 is 12.3. The minimum absolute atomic E-state index is 0.441. The van der Waals surface area contributed by atoms with Crippen LogP contribution in [-0.2, 0) is 7.05 Å². The highest BCUT2D eigenvalue weighted by Gasteiger charge is 2.18. The van der Waals surface area contributed by atoms with E-state index in [1.54, 1.807) is 25.8 Å². The first-order chi connectivity index (χ1) is 8.51. The molecule has 0 radical (unpaired) electrons. The maximum absolute atomic E-state index is 11.5. The van der Waals surface area contributed by atoms with Gasteiger partial charge in [-0.1, -0.05) is 0 Å². The Morgan fingerprint density at radius 1 is 1.22 bits per heavy atom. The van der Waals surface area contributed by atoms with Gasteiger partial charge in [-0.15, -0.1) is 0 Å². The molecule has 0 aliphatic carbocycles. The van der Waals surface area contributed by atoms with Crippen LogP contribution in [0.5, 0.6) is 11.5 Å². The fourth-order valence-electron chi connectivity index (χ4n) is 2.30. The number of fused-ring (bicyclic) bond motifs is 1. The Labute approximate surface area is 105 Å². The van der Waals surface area contributed by atoms with Crippen LogP contribution in [0.1, 0.15) is 16.1 Å². The molecular formula is C13H16N2O3. The van der Waals surface area contributed by atoms with Crippen molar-refractivity contribution in [1.82, 2.24) is 4.57 Å². The Bertz CT molecular complexity index is 582. The highest BCUT2D eigenvalue weighted by Crippen LogP contribution is 2.35. The van der Waals surface area contributed by atoms with Gasteiger partial charge in [0.05, 0.1) is 19.7 Å². The molecule has 1 aromatic carbocycles. The SMILES string of the molecule is COc1cc2c(C)c(C(N)=O)n(C)c2cc1OC. The molecule has 2 rings (SSSR count). The number of hydrogen-bond donors (Lipinski definition) is 1. The van der Waals surface area contributed by atoms with Crippen LogP contribution in [0.3, 0.4) is 0 Å². The van der Waals surface area contributed by atoms with Crippen molar-refractivity contribution in [2.24, 2.45) is 12.8 Å². The number of carbonyl (C=O) groups excluding carboxylic acids is 1. The van der Waals surface area contributed by atoms with Crippen molar-refractivity contribution in [2.75, 3.05) is 14.2 Å². The molecule has 18 heavy (non-hydrogen) atoms. The van der Waals surface area contributed by atoms with E-state index >= 15 is 0 Å². The van der Waals surface area contributed by atoms with Crippen molar-refractivity contribution < 1.29 is 14.3 Å². The van der Waals surface area contributed by atoms with Crippen LogP contribution in [0, 0.1) is 6.92 Å². The van der Waals surface area contributed by atoms with E-state index in [1.165, 1.54) is 0 Å². The Morgan fingerprint density at radius 2 is 1.78 bits per heavy atom. The molecule has 0 fully saturated rings. The number of rotatable bonds is 3. The number of nitrogens with two attached hydrogens (primary N) is 1. The topological polar surface area (TPSA) is 66.5 Å². The summed E-state index contributed by atoms with van der Waals surface area (Å²) in [6.45, 7) is 1.87. The Morgan fingerprint density at radius 3 is 2.28 bits per heavy atom. The van der Waals surface area contributed by atoms with Crippen molar-refractivity contribution >= 4 is 16.8 Å². The van der Waals surface area contributed by atoms with Gasteiger partial charge in [0.25, 0.3) is 5.91 Å². The molecule has 5 nitrogen and oxygen atoms in total. The molecule has 0 spiro atoms. The van der Waals surface area contributed by atoms with Gasteiger partial charge >= 0.3 is 0 Å². The summed E-state index contributed by atoms with van der Waals surface area (Å²) in [5, 5.41) is 0.934. The summed E-state index contributed by atoms with van der Waals surface area (Å²) in [4.78, 5) is 11.5. The monoisotopic (exact) mass is 248 g/mol. The number of amides is 1. The van der Waals surface area contributed by atoms with Gasteiger partial charge in [-0.2, -0.15) is 0 Å². The van der Waals surface area contributed by atoms with Crippen molar-refractivity contribution in [3.8, 4) is 11.5 Å². The predicted molar refractivity (Wildman–Crippen MR) is 69.3 cm³/mol. The third kappa shape index (κ3) is 1.59. The number of aryl methyl sites for hydroxylation is 2. The number of nitrogens with zero attached hydrogens (tertiary/aromatic N) is 1. The normalized spacial score (nSPS) is 10.7. The van der Waals surface area contributed by atoms with Gasteiger partial charge in [0.2, 0.25) is 0 Å². The third-order valence-corrected chi connectivity index (χ3v) is 3.19. The maximum Gasteiger partial charge on any atom is 0.265 e. The van der Waals surface area contributed by atoms with Gasteiger partial charge in [-0.25, -0.2) is 0 Å². The summed E-state index contributed by atoms with van der Waals surface area (Å²) in [6.07, 6.45) is 0.